The Morgan fingerprint density at radius 3 is 2.59 bits per heavy atom. The molecule has 0 atom stereocenters. The zero-order valence-electron chi connectivity index (χ0n) is 15.9. The fraction of sp³-hybridized carbons (Fsp3) is 0.364. The molecule has 144 valence electrons. The molecule has 27 heavy (non-hydrogen) atoms. The molecule has 0 spiro atoms. The number of halogens is 1. The monoisotopic (exact) mass is 387 g/mol. The summed E-state index contributed by atoms with van der Waals surface area (Å²) in [6, 6.07) is 12.9. The van der Waals surface area contributed by atoms with E-state index < -0.39 is 0 Å². The summed E-state index contributed by atoms with van der Waals surface area (Å²) in [7, 11) is 1.74. The van der Waals surface area contributed by atoms with Crippen molar-refractivity contribution in [1.29, 1.82) is 0 Å². The SMILES string of the molecule is CCN(CCCOc1ccc2c(-c3ccc(F)cc3)csc2c1)CCOC. The first-order chi connectivity index (χ1) is 13.2. The molecular formula is C22H26FNO2S. The van der Waals surface area contributed by atoms with Gasteiger partial charge in [0, 0.05) is 35.8 Å². The highest BCUT2D eigenvalue weighted by atomic mass is 32.1. The van der Waals surface area contributed by atoms with E-state index in [2.05, 4.69) is 29.3 Å². The van der Waals surface area contributed by atoms with Gasteiger partial charge in [0.15, 0.2) is 0 Å². The molecule has 0 aliphatic heterocycles. The molecule has 0 radical (unpaired) electrons. The fourth-order valence-corrected chi connectivity index (χ4v) is 4.07. The quantitative estimate of drug-likeness (QED) is 0.432. The number of hydrogen-bond acceptors (Lipinski definition) is 4. The molecule has 0 unspecified atom stereocenters. The minimum absolute atomic E-state index is 0.210. The van der Waals surface area contributed by atoms with Crippen molar-refractivity contribution in [1.82, 2.24) is 4.90 Å². The maximum atomic E-state index is 13.2. The number of thiophene rings is 1. The van der Waals surface area contributed by atoms with Gasteiger partial charge >= 0.3 is 0 Å². The van der Waals surface area contributed by atoms with Crippen LogP contribution in [0.25, 0.3) is 21.2 Å². The molecule has 0 bridgehead atoms. The highest BCUT2D eigenvalue weighted by Gasteiger charge is 2.08. The average Bonchev–Trinajstić information content (AvgIpc) is 3.11. The van der Waals surface area contributed by atoms with E-state index in [1.807, 2.05) is 18.2 Å². The zero-order chi connectivity index (χ0) is 19.1. The maximum Gasteiger partial charge on any atom is 0.123 e. The molecule has 3 aromatic rings. The van der Waals surface area contributed by atoms with E-state index in [-0.39, 0.29) is 5.82 Å². The standard InChI is InChI=1S/C22H26FNO2S/c1-3-24(12-14-25-2)11-4-13-26-19-9-10-20-21(16-27-22(20)15-19)17-5-7-18(23)8-6-17/h5-10,15-16H,3-4,11-14H2,1-2H3. The van der Waals surface area contributed by atoms with E-state index in [9.17, 15) is 4.39 Å². The van der Waals surface area contributed by atoms with Crippen LogP contribution in [0.3, 0.4) is 0 Å². The van der Waals surface area contributed by atoms with Gasteiger partial charge in [-0.05, 0) is 54.2 Å². The van der Waals surface area contributed by atoms with Crippen molar-refractivity contribution in [3.63, 3.8) is 0 Å². The van der Waals surface area contributed by atoms with Gasteiger partial charge in [-0.3, -0.25) is 0 Å². The van der Waals surface area contributed by atoms with E-state index in [1.165, 1.54) is 22.2 Å². The predicted molar refractivity (Wildman–Crippen MR) is 111 cm³/mol. The number of methoxy groups -OCH3 is 1. The average molecular weight is 388 g/mol. The van der Waals surface area contributed by atoms with Crippen LogP contribution in [-0.4, -0.2) is 44.9 Å². The molecule has 0 N–H and O–H groups in total. The molecule has 0 aliphatic carbocycles. The molecule has 0 saturated heterocycles. The molecule has 0 amide bonds. The summed E-state index contributed by atoms with van der Waals surface area (Å²) in [6.45, 7) is 6.62. The van der Waals surface area contributed by atoms with Gasteiger partial charge in [-0.25, -0.2) is 4.39 Å². The van der Waals surface area contributed by atoms with Crippen molar-refractivity contribution in [3.8, 4) is 16.9 Å². The number of nitrogens with zero attached hydrogens (tertiary/aromatic N) is 1. The molecule has 0 aliphatic rings. The van der Waals surface area contributed by atoms with Crippen LogP contribution in [0.4, 0.5) is 4.39 Å². The predicted octanol–water partition coefficient (Wildman–Crippen LogP) is 5.44. The van der Waals surface area contributed by atoms with Crippen LogP contribution in [0.15, 0.2) is 47.8 Å². The van der Waals surface area contributed by atoms with E-state index in [4.69, 9.17) is 9.47 Å². The van der Waals surface area contributed by atoms with Gasteiger partial charge in [0.2, 0.25) is 0 Å². The lowest BCUT2D eigenvalue weighted by Gasteiger charge is -2.19. The Kier molecular flexibility index (Phi) is 7.21. The summed E-state index contributed by atoms with van der Waals surface area (Å²) >= 11 is 1.69. The molecule has 3 rings (SSSR count). The smallest absolute Gasteiger partial charge is 0.123 e. The number of hydrogen-bond donors (Lipinski definition) is 0. The van der Waals surface area contributed by atoms with Crippen LogP contribution >= 0.6 is 11.3 Å². The van der Waals surface area contributed by atoms with Gasteiger partial charge in [0.1, 0.15) is 11.6 Å². The minimum Gasteiger partial charge on any atom is -0.493 e. The number of rotatable bonds is 10. The summed E-state index contributed by atoms with van der Waals surface area (Å²) in [5, 5.41) is 3.30. The Balaban J connectivity index is 1.58. The first-order valence-corrected chi connectivity index (χ1v) is 10.2. The Morgan fingerprint density at radius 1 is 1.04 bits per heavy atom. The van der Waals surface area contributed by atoms with Crippen LogP contribution in [0, 0.1) is 5.82 Å². The van der Waals surface area contributed by atoms with Crippen LogP contribution in [0.1, 0.15) is 13.3 Å². The van der Waals surface area contributed by atoms with Gasteiger partial charge in [-0.2, -0.15) is 0 Å². The van der Waals surface area contributed by atoms with Crippen molar-refractivity contribution >= 4 is 21.4 Å². The summed E-state index contributed by atoms with van der Waals surface area (Å²) in [5.74, 6) is 0.688. The fourth-order valence-electron chi connectivity index (χ4n) is 3.08. The first-order valence-electron chi connectivity index (χ1n) is 9.32. The van der Waals surface area contributed by atoms with E-state index >= 15 is 0 Å². The lowest BCUT2D eigenvalue weighted by atomic mass is 10.0. The highest BCUT2D eigenvalue weighted by molar-refractivity contribution is 7.17. The Morgan fingerprint density at radius 2 is 1.85 bits per heavy atom. The van der Waals surface area contributed by atoms with E-state index in [0.717, 1.165) is 49.5 Å². The third kappa shape index (κ3) is 5.28. The molecule has 2 aromatic carbocycles. The molecule has 5 heteroatoms. The first kappa shape index (κ1) is 19.8. The second kappa shape index (κ2) is 9.83. The van der Waals surface area contributed by atoms with Crippen molar-refractivity contribution in [2.75, 3.05) is 40.0 Å². The second-order valence-corrected chi connectivity index (χ2v) is 7.35. The Bertz CT molecular complexity index is 847. The van der Waals surface area contributed by atoms with Crippen LogP contribution in [0.5, 0.6) is 5.75 Å². The van der Waals surface area contributed by atoms with E-state index in [1.54, 1.807) is 18.4 Å². The molecule has 0 fully saturated rings. The van der Waals surface area contributed by atoms with Gasteiger partial charge in [0.25, 0.3) is 0 Å². The van der Waals surface area contributed by atoms with Crippen LogP contribution in [-0.2, 0) is 4.74 Å². The minimum atomic E-state index is -0.210. The number of ether oxygens (including phenoxy) is 2. The van der Waals surface area contributed by atoms with Gasteiger partial charge in [-0.15, -0.1) is 11.3 Å². The molecule has 1 heterocycles. The summed E-state index contributed by atoms with van der Waals surface area (Å²) in [4.78, 5) is 2.37. The third-order valence-electron chi connectivity index (χ3n) is 4.65. The number of likely N-dealkylation sites (N-methyl/N-ethyl adjacent to an activating group) is 1. The molecular weight excluding hydrogens is 361 g/mol. The van der Waals surface area contributed by atoms with Crippen LogP contribution < -0.4 is 4.74 Å². The highest BCUT2D eigenvalue weighted by Crippen LogP contribution is 2.36. The van der Waals surface area contributed by atoms with Crippen molar-refractivity contribution in [3.05, 3.63) is 53.7 Å². The van der Waals surface area contributed by atoms with E-state index in [0.29, 0.717) is 6.61 Å². The summed E-state index contributed by atoms with van der Waals surface area (Å²) in [5.41, 5.74) is 2.17. The lowest BCUT2D eigenvalue weighted by molar-refractivity contribution is 0.146. The second-order valence-electron chi connectivity index (χ2n) is 6.44. The largest absolute Gasteiger partial charge is 0.493 e. The maximum absolute atomic E-state index is 13.2. The number of benzene rings is 2. The molecule has 1 aromatic heterocycles. The Hall–Kier alpha value is -1.95. The van der Waals surface area contributed by atoms with Gasteiger partial charge in [0.05, 0.1) is 13.2 Å². The van der Waals surface area contributed by atoms with Crippen molar-refractivity contribution in [2.45, 2.75) is 13.3 Å². The molecule has 3 nitrogen and oxygen atoms in total. The third-order valence-corrected chi connectivity index (χ3v) is 5.59. The van der Waals surface area contributed by atoms with Crippen molar-refractivity contribution < 1.29 is 13.9 Å². The van der Waals surface area contributed by atoms with Crippen molar-refractivity contribution in [2.24, 2.45) is 0 Å². The normalized spacial score (nSPS) is 11.4. The van der Waals surface area contributed by atoms with Gasteiger partial charge < -0.3 is 14.4 Å². The lowest BCUT2D eigenvalue weighted by Crippen LogP contribution is -2.29. The zero-order valence-corrected chi connectivity index (χ0v) is 16.7. The summed E-state index contributed by atoms with van der Waals surface area (Å²) < 4.78 is 25.4. The topological polar surface area (TPSA) is 21.7 Å². The Labute approximate surface area is 164 Å². The summed E-state index contributed by atoms with van der Waals surface area (Å²) in [6.07, 6.45) is 0.987. The molecule has 0 saturated carbocycles. The number of fused-ring (bicyclic) bond motifs is 1. The van der Waals surface area contributed by atoms with Gasteiger partial charge in [-0.1, -0.05) is 19.1 Å². The van der Waals surface area contributed by atoms with Crippen LogP contribution in [0.2, 0.25) is 0 Å².